The second-order valence-electron chi connectivity index (χ2n) is 4.52. The van der Waals surface area contributed by atoms with Crippen LogP contribution in [0.3, 0.4) is 0 Å². The molecule has 0 N–H and O–H groups in total. The highest BCUT2D eigenvalue weighted by molar-refractivity contribution is 8.20. The van der Waals surface area contributed by atoms with E-state index < -0.39 is 21.9 Å². The summed E-state index contributed by atoms with van der Waals surface area (Å²) < 4.78 is 29.4. The van der Waals surface area contributed by atoms with Crippen LogP contribution in [0.2, 0.25) is 5.15 Å². The molecule has 3 rings (SSSR count). The van der Waals surface area contributed by atoms with Crippen LogP contribution >= 0.6 is 23.4 Å². The summed E-state index contributed by atoms with van der Waals surface area (Å²) in [5, 5.41) is 1.92. The molecule has 0 saturated heterocycles. The number of rotatable bonds is 2. The Kier molecular flexibility index (Phi) is 3.81. The zero-order valence-corrected chi connectivity index (χ0v) is 13.0. The lowest BCUT2D eigenvalue weighted by Crippen LogP contribution is -2.20. The van der Waals surface area contributed by atoms with E-state index >= 15 is 0 Å². The molecule has 2 aliphatic heterocycles. The van der Waals surface area contributed by atoms with E-state index in [1.165, 1.54) is 18.3 Å². The normalized spacial score (nSPS) is 23.0. The molecule has 1 aromatic heterocycles. The standard InChI is InChI=1S/C13H10ClNO4S2/c14-11-2-1-8(7-15-11)12(16)19-10-3-5-20-13-9(10)4-6-21(13,17)18/h1-3,5,7,10H,4,6H2. The Bertz CT molecular complexity index is 753. The zero-order chi connectivity index (χ0) is 15.0. The molecular formula is C13H10ClNO4S2. The monoisotopic (exact) mass is 343 g/mol. The van der Waals surface area contributed by atoms with Crippen LogP contribution < -0.4 is 0 Å². The highest BCUT2D eigenvalue weighted by Crippen LogP contribution is 2.41. The van der Waals surface area contributed by atoms with Crippen LogP contribution in [0.1, 0.15) is 16.8 Å². The minimum Gasteiger partial charge on any atom is -0.450 e. The Morgan fingerprint density at radius 2 is 2.24 bits per heavy atom. The SMILES string of the molecule is O=C(OC1C=CSC2=C1CCS2(=O)=O)c1ccc(Cl)nc1. The van der Waals surface area contributed by atoms with E-state index in [0.717, 1.165) is 11.8 Å². The van der Waals surface area contributed by atoms with Crippen LogP contribution in [0, 0.1) is 0 Å². The van der Waals surface area contributed by atoms with Crippen LogP contribution in [-0.2, 0) is 14.6 Å². The number of aromatic nitrogens is 1. The number of ether oxygens (including phenoxy) is 1. The van der Waals surface area contributed by atoms with Crippen molar-refractivity contribution in [2.75, 3.05) is 5.75 Å². The molecule has 3 heterocycles. The van der Waals surface area contributed by atoms with E-state index in [1.54, 1.807) is 11.5 Å². The van der Waals surface area contributed by atoms with E-state index in [-0.39, 0.29) is 16.5 Å². The lowest BCUT2D eigenvalue weighted by atomic mass is 10.1. The van der Waals surface area contributed by atoms with Gasteiger partial charge in [0.15, 0.2) is 9.84 Å². The molecule has 0 spiro atoms. The average molecular weight is 344 g/mol. The summed E-state index contributed by atoms with van der Waals surface area (Å²) in [6.45, 7) is 0. The number of nitrogens with zero attached hydrogens (tertiary/aromatic N) is 1. The first-order chi connectivity index (χ1) is 9.97. The smallest absolute Gasteiger partial charge is 0.340 e. The molecule has 1 aromatic rings. The number of sulfone groups is 1. The Morgan fingerprint density at radius 1 is 1.43 bits per heavy atom. The van der Waals surface area contributed by atoms with Crippen LogP contribution in [0.5, 0.6) is 0 Å². The number of halogens is 1. The molecule has 1 unspecified atom stereocenters. The number of esters is 1. The molecule has 5 nitrogen and oxygen atoms in total. The molecule has 8 heteroatoms. The van der Waals surface area contributed by atoms with Gasteiger partial charge in [-0.05, 0) is 30.0 Å². The Hall–Kier alpha value is -1.31. The Morgan fingerprint density at radius 3 is 2.95 bits per heavy atom. The fourth-order valence-electron chi connectivity index (χ4n) is 2.13. The van der Waals surface area contributed by atoms with Gasteiger partial charge in [0.05, 0.1) is 11.3 Å². The molecule has 110 valence electrons. The van der Waals surface area contributed by atoms with Crippen molar-refractivity contribution < 1.29 is 17.9 Å². The fraction of sp³-hybridized carbons (Fsp3) is 0.231. The number of hydrogen-bond acceptors (Lipinski definition) is 6. The predicted octanol–water partition coefficient (Wildman–Crippen LogP) is 2.55. The van der Waals surface area contributed by atoms with Gasteiger partial charge >= 0.3 is 5.97 Å². The molecule has 0 amide bonds. The van der Waals surface area contributed by atoms with Crippen LogP contribution in [-0.4, -0.2) is 31.2 Å². The van der Waals surface area contributed by atoms with Gasteiger partial charge in [0, 0.05) is 11.8 Å². The molecule has 0 aliphatic carbocycles. The molecule has 0 saturated carbocycles. The van der Waals surface area contributed by atoms with E-state index in [2.05, 4.69) is 4.98 Å². The summed E-state index contributed by atoms with van der Waals surface area (Å²) in [6.07, 6.45) is 2.77. The molecule has 0 radical (unpaired) electrons. The molecule has 1 atom stereocenters. The lowest BCUT2D eigenvalue weighted by molar-refractivity contribution is 0.0444. The van der Waals surface area contributed by atoms with Crippen molar-refractivity contribution in [3.63, 3.8) is 0 Å². The van der Waals surface area contributed by atoms with Crippen molar-refractivity contribution in [1.82, 2.24) is 4.98 Å². The third-order valence-electron chi connectivity index (χ3n) is 3.15. The molecule has 2 aliphatic rings. The van der Waals surface area contributed by atoms with E-state index in [9.17, 15) is 13.2 Å². The maximum absolute atomic E-state index is 12.1. The molecule has 21 heavy (non-hydrogen) atoms. The van der Waals surface area contributed by atoms with Gasteiger partial charge in [-0.3, -0.25) is 0 Å². The Balaban J connectivity index is 1.82. The summed E-state index contributed by atoms with van der Waals surface area (Å²) >= 11 is 6.82. The van der Waals surface area contributed by atoms with Crippen molar-refractivity contribution in [3.05, 3.63) is 50.3 Å². The molecule has 0 fully saturated rings. The van der Waals surface area contributed by atoms with Gasteiger partial charge in [0.2, 0.25) is 0 Å². The minimum absolute atomic E-state index is 0.0723. The van der Waals surface area contributed by atoms with Gasteiger partial charge in [0.1, 0.15) is 15.5 Å². The summed E-state index contributed by atoms with van der Waals surface area (Å²) in [5.41, 5.74) is 0.923. The first kappa shape index (κ1) is 14.6. The zero-order valence-electron chi connectivity index (χ0n) is 10.7. The van der Waals surface area contributed by atoms with Crippen molar-refractivity contribution in [2.45, 2.75) is 12.5 Å². The van der Waals surface area contributed by atoms with Crippen molar-refractivity contribution in [1.29, 1.82) is 0 Å². The van der Waals surface area contributed by atoms with Crippen LogP contribution in [0.25, 0.3) is 0 Å². The first-order valence-electron chi connectivity index (χ1n) is 6.09. The third kappa shape index (κ3) is 2.86. The maximum Gasteiger partial charge on any atom is 0.340 e. The van der Waals surface area contributed by atoms with Gasteiger partial charge in [-0.15, -0.1) is 0 Å². The van der Waals surface area contributed by atoms with Crippen molar-refractivity contribution >= 4 is 39.2 Å². The van der Waals surface area contributed by atoms with E-state index in [4.69, 9.17) is 16.3 Å². The van der Waals surface area contributed by atoms with Crippen LogP contribution in [0.4, 0.5) is 0 Å². The minimum atomic E-state index is -3.22. The topological polar surface area (TPSA) is 73.3 Å². The van der Waals surface area contributed by atoms with Crippen molar-refractivity contribution in [2.24, 2.45) is 0 Å². The van der Waals surface area contributed by atoms with Crippen LogP contribution in [0.15, 0.2) is 39.6 Å². The summed E-state index contributed by atoms with van der Waals surface area (Å²) in [7, 11) is -3.22. The molecular weight excluding hydrogens is 334 g/mol. The quantitative estimate of drug-likeness (QED) is 0.607. The van der Waals surface area contributed by atoms with Gasteiger partial charge in [0.25, 0.3) is 0 Å². The van der Waals surface area contributed by atoms with E-state index in [1.807, 2.05) is 0 Å². The number of carbonyl (C=O) groups is 1. The van der Waals surface area contributed by atoms with Crippen molar-refractivity contribution in [3.8, 4) is 0 Å². The number of pyridine rings is 1. The van der Waals surface area contributed by atoms with Gasteiger partial charge in [-0.2, -0.15) is 0 Å². The first-order valence-corrected chi connectivity index (χ1v) is 9.00. The highest BCUT2D eigenvalue weighted by atomic mass is 35.5. The second kappa shape index (κ2) is 5.47. The lowest BCUT2D eigenvalue weighted by Gasteiger charge is -2.19. The Labute approximate surface area is 131 Å². The summed E-state index contributed by atoms with van der Waals surface area (Å²) in [6, 6.07) is 3.01. The fourth-order valence-corrected chi connectivity index (χ4v) is 5.25. The highest BCUT2D eigenvalue weighted by Gasteiger charge is 2.36. The summed E-state index contributed by atoms with van der Waals surface area (Å²) in [4.78, 5) is 15.9. The van der Waals surface area contributed by atoms with Gasteiger partial charge < -0.3 is 4.74 Å². The predicted molar refractivity (Wildman–Crippen MR) is 80.6 cm³/mol. The number of thioether (sulfide) groups is 1. The van der Waals surface area contributed by atoms with Gasteiger partial charge in [-0.25, -0.2) is 18.2 Å². The van der Waals surface area contributed by atoms with E-state index in [0.29, 0.717) is 16.2 Å². The molecule has 0 bridgehead atoms. The number of hydrogen-bond donors (Lipinski definition) is 0. The molecule has 0 aromatic carbocycles. The number of carbonyl (C=O) groups excluding carboxylic acids is 1. The average Bonchev–Trinajstić information content (AvgIpc) is 2.76. The second-order valence-corrected chi connectivity index (χ2v) is 8.13. The summed E-state index contributed by atoms with van der Waals surface area (Å²) in [5.74, 6) is -0.486. The maximum atomic E-state index is 12.1. The third-order valence-corrected chi connectivity index (χ3v) is 6.77. The van der Waals surface area contributed by atoms with Gasteiger partial charge in [-0.1, -0.05) is 23.4 Å². The largest absolute Gasteiger partial charge is 0.450 e.